The molecule has 1 aliphatic carbocycles. The zero-order valence-corrected chi connectivity index (χ0v) is 31.6. The number of hydrogen-bond donors (Lipinski definition) is 0. The number of benzene rings is 8. The van der Waals surface area contributed by atoms with E-state index in [0.717, 1.165) is 67.5 Å². The Morgan fingerprint density at radius 2 is 1.09 bits per heavy atom. The van der Waals surface area contributed by atoms with Crippen LogP contribution in [0.15, 0.2) is 187 Å². The highest BCUT2D eigenvalue weighted by Gasteiger charge is 2.39. The van der Waals surface area contributed by atoms with Crippen molar-refractivity contribution in [2.75, 3.05) is 0 Å². The van der Waals surface area contributed by atoms with Crippen molar-refractivity contribution in [3.05, 3.63) is 215 Å². The van der Waals surface area contributed by atoms with Crippen LogP contribution in [0.3, 0.4) is 0 Å². The molecule has 0 N–H and O–H groups in total. The zero-order valence-electron chi connectivity index (χ0n) is 31.6. The first-order chi connectivity index (χ1) is 28.0. The van der Waals surface area contributed by atoms with Gasteiger partial charge in [0.2, 0.25) is 0 Å². The summed E-state index contributed by atoms with van der Waals surface area (Å²) in [5.41, 5.74) is 13.2. The van der Waals surface area contributed by atoms with Crippen molar-refractivity contribution >= 4 is 22.3 Å². The number of rotatable bonds is 5. The highest BCUT2D eigenvalue weighted by atomic mass is 16.6. The van der Waals surface area contributed by atoms with E-state index in [9.17, 15) is 0 Å². The number of para-hydroxylation sites is 1. The van der Waals surface area contributed by atoms with Crippen molar-refractivity contribution in [2.24, 2.45) is 4.99 Å². The monoisotopic (exact) mass is 733 g/mol. The fraction of sp³-hybridized carbons (Fsp3) is 0.0755. The van der Waals surface area contributed by atoms with Gasteiger partial charge in [-0.25, -0.2) is 0 Å². The maximum Gasteiger partial charge on any atom is 0.178 e. The van der Waals surface area contributed by atoms with E-state index in [1.165, 1.54) is 33.2 Å². The maximum absolute atomic E-state index is 6.76. The van der Waals surface area contributed by atoms with Crippen LogP contribution in [0.1, 0.15) is 47.7 Å². The van der Waals surface area contributed by atoms with Crippen LogP contribution in [0, 0.1) is 0 Å². The minimum Gasteiger partial charge on any atom is -0.454 e. The van der Waals surface area contributed by atoms with Crippen LogP contribution in [-0.4, -0.2) is 5.84 Å². The van der Waals surface area contributed by atoms with E-state index >= 15 is 0 Å². The first-order valence-corrected chi connectivity index (χ1v) is 19.5. The van der Waals surface area contributed by atoms with Crippen molar-refractivity contribution in [3.8, 4) is 56.4 Å². The van der Waals surface area contributed by atoms with Gasteiger partial charge in [0.1, 0.15) is 0 Å². The fourth-order valence-electron chi connectivity index (χ4n) is 8.87. The average molecular weight is 734 g/mol. The van der Waals surface area contributed by atoms with Gasteiger partial charge in [0.05, 0.1) is 0 Å². The minimum absolute atomic E-state index is 0.122. The molecule has 2 aliphatic heterocycles. The number of ether oxygens (including phenoxy) is 2. The predicted octanol–water partition coefficient (Wildman–Crippen LogP) is 14.3. The molecule has 1 unspecified atom stereocenters. The van der Waals surface area contributed by atoms with Gasteiger partial charge in [0.25, 0.3) is 0 Å². The quantitative estimate of drug-likeness (QED) is 0.177. The van der Waals surface area contributed by atoms with E-state index in [0.29, 0.717) is 5.75 Å². The highest BCUT2D eigenvalue weighted by molar-refractivity contribution is 6.20. The fourth-order valence-corrected chi connectivity index (χ4v) is 8.87. The normalized spacial score (nSPS) is 15.8. The smallest absolute Gasteiger partial charge is 0.178 e. The van der Waals surface area contributed by atoms with E-state index in [2.05, 4.69) is 178 Å². The summed E-state index contributed by atoms with van der Waals surface area (Å²) in [5.74, 6) is 3.67. The Hall–Kier alpha value is -7.17. The minimum atomic E-state index is -0.236. The van der Waals surface area contributed by atoms with E-state index in [-0.39, 0.29) is 11.5 Å². The second-order valence-electron chi connectivity index (χ2n) is 15.4. The first kappa shape index (κ1) is 33.2. The molecule has 2 heterocycles. The Bertz CT molecular complexity index is 2940. The molecule has 272 valence electrons. The third-order valence-electron chi connectivity index (χ3n) is 11.8. The summed E-state index contributed by atoms with van der Waals surface area (Å²) in [6.07, 6.45) is 2.17. The van der Waals surface area contributed by atoms with E-state index < -0.39 is 0 Å². The van der Waals surface area contributed by atoms with Crippen LogP contribution in [0.5, 0.6) is 23.0 Å². The molecule has 0 fully saturated rings. The Labute approximate surface area is 332 Å². The number of nitrogens with zero attached hydrogens (tertiary/aromatic N) is 2. The topological polar surface area (TPSA) is 44.9 Å². The van der Waals surface area contributed by atoms with Gasteiger partial charge >= 0.3 is 0 Å². The van der Waals surface area contributed by atoms with Crippen molar-refractivity contribution in [1.82, 2.24) is 0 Å². The number of hydrogen-bond acceptors (Lipinski definition) is 3. The second kappa shape index (κ2) is 13.0. The first-order valence-electron chi connectivity index (χ1n) is 19.5. The van der Waals surface area contributed by atoms with Crippen LogP contribution in [0.25, 0.3) is 55.2 Å². The van der Waals surface area contributed by atoms with Crippen LogP contribution in [0.4, 0.5) is 0 Å². The average Bonchev–Trinajstić information content (AvgIpc) is 3.51. The molecule has 0 bridgehead atoms. The van der Waals surface area contributed by atoms with Gasteiger partial charge < -0.3 is 19.8 Å². The third-order valence-corrected chi connectivity index (χ3v) is 11.8. The lowest BCUT2D eigenvalue weighted by Gasteiger charge is -2.34. The molecule has 3 aliphatic rings. The van der Waals surface area contributed by atoms with Crippen LogP contribution in [0.2, 0.25) is 0 Å². The van der Waals surface area contributed by atoms with Crippen LogP contribution >= 0.6 is 0 Å². The molecule has 0 radical (unpaired) electrons. The molecule has 0 amide bonds. The van der Waals surface area contributed by atoms with Crippen molar-refractivity contribution in [3.63, 3.8) is 0 Å². The lowest BCUT2D eigenvalue weighted by Crippen LogP contribution is -2.15. The van der Waals surface area contributed by atoms with Gasteiger partial charge in [-0.15, -0.1) is 0 Å². The second-order valence-corrected chi connectivity index (χ2v) is 15.4. The van der Waals surface area contributed by atoms with Crippen LogP contribution in [-0.2, 0) is 5.41 Å². The Kier molecular flexibility index (Phi) is 7.55. The zero-order chi connectivity index (χ0) is 38.1. The number of aliphatic imine (C=N–C) groups is 1. The Balaban J connectivity index is 0.941. The Morgan fingerprint density at radius 1 is 0.474 bits per heavy atom. The predicted molar refractivity (Wildman–Crippen MR) is 232 cm³/mol. The van der Waals surface area contributed by atoms with Crippen LogP contribution < -0.4 is 9.47 Å². The summed E-state index contributed by atoms with van der Waals surface area (Å²) in [4.78, 5) is 5.20. The molecular weight excluding hydrogens is 697 g/mol. The molecule has 0 aromatic heterocycles. The highest BCUT2D eigenvalue weighted by Crippen LogP contribution is 2.59. The van der Waals surface area contributed by atoms with Gasteiger partial charge in [0, 0.05) is 22.6 Å². The van der Waals surface area contributed by atoms with Crippen molar-refractivity contribution in [2.45, 2.75) is 25.3 Å². The van der Waals surface area contributed by atoms with Gasteiger partial charge in [-0.1, -0.05) is 190 Å². The van der Waals surface area contributed by atoms with E-state index in [1.54, 1.807) is 0 Å². The SMILES string of the molecule is CC1(C)c2ccccc2-c2c1ccc1c2Oc2cccc(-c3ccc(C4C=C(c5ccccc5)N=C(c5ccc(-c6ccccc6)c6ccccc56)[N-]4)cc3)c2O1. The van der Waals surface area contributed by atoms with E-state index in [1.807, 2.05) is 18.2 Å². The lowest BCUT2D eigenvalue weighted by atomic mass is 9.82. The molecule has 57 heavy (non-hydrogen) atoms. The molecule has 4 heteroatoms. The third kappa shape index (κ3) is 5.40. The molecule has 1 atom stereocenters. The molecular formula is C53H37N2O2-. The van der Waals surface area contributed by atoms with Crippen molar-refractivity contribution < 1.29 is 9.47 Å². The molecule has 8 aromatic carbocycles. The summed E-state index contributed by atoms with van der Waals surface area (Å²) in [6, 6.07) is 61.3. The summed E-state index contributed by atoms with van der Waals surface area (Å²) in [5, 5.41) is 7.63. The van der Waals surface area contributed by atoms with Crippen molar-refractivity contribution in [1.29, 1.82) is 0 Å². The summed E-state index contributed by atoms with van der Waals surface area (Å²) < 4.78 is 13.5. The van der Waals surface area contributed by atoms with E-state index in [4.69, 9.17) is 19.8 Å². The lowest BCUT2D eigenvalue weighted by molar-refractivity contribution is 0.361. The maximum atomic E-state index is 6.76. The Morgan fingerprint density at radius 3 is 1.88 bits per heavy atom. The molecule has 0 saturated heterocycles. The standard InChI is InChI=1S/C53H37N2O2/c1-53(2)43-22-12-11-20-42(43)49-44(53)30-31-48-51(49)57-47-23-13-21-38(50(47)56-48)34-24-26-36(27-25-34)46-32-45(35-16-7-4-8-17-35)54-52(55-46)41-29-28-37(33-14-5-3-6-15-33)39-18-9-10-19-40(39)41/h3-32,46H,1-2H3/q-1. The summed E-state index contributed by atoms with van der Waals surface area (Å²) >= 11 is 0. The van der Waals surface area contributed by atoms with Gasteiger partial charge in [-0.2, -0.15) is 0 Å². The number of amidine groups is 1. The number of fused-ring (bicyclic) bond motifs is 7. The van der Waals surface area contributed by atoms with Gasteiger partial charge in [-0.05, 0) is 78.7 Å². The summed E-state index contributed by atoms with van der Waals surface area (Å²) in [6.45, 7) is 4.56. The van der Waals surface area contributed by atoms with Gasteiger partial charge in [0.15, 0.2) is 23.0 Å². The molecule has 11 rings (SSSR count). The van der Waals surface area contributed by atoms with Gasteiger partial charge in [-0.3, -0.25) is 0 Å². The largest absolute Gasteiger partial charge is 0.454 e. The molecule has 0 saturated carbocycles. The molecule has 0 spiro atoms. The molecule has 4 nitrogen and oxygen atoms in total. The summed E-state index contributed by atoms with van der Waals surface area (Å²) in [7, 11) is 0. The molecule has 8 aromatic rings.